The molecule has 1 heterocycles. The summed E-state index contributed by atoms with van der Waals surface area (Å²) in [7, 11) is 0. The van der Waals surface area contributed by atoms with Crippen molar-refractivity contribution in [1.29, 1.82) is 0 Å². The van der Waals surface area contributed by atoms with E-state index in [0.29, 0.717) is 31.7 Å². The number of H-pyrrole nitrogens is 1. The van der Waals surface area contributed by atoms with E-state index in [4.69, 9.17) is 4.74 Å². The van der Waals surface area contributed by atoms with Gasteiger partial charge in [0, 0.05) is 30.8 Å². The molecule has 5 nitrogen and oxygen atoms in total. The molecule has 0 radical (unpaired) electrons. The van der Waals surface area contributed by atoms with Crippen molar-refractivity contribution in [2.24, 2.45) is 5.41 Å². The van der Waals surface area contributed by atoms with Gasteiger partial charge in [0.05, 0.1) is 6.61 Å². The maximum Gasteiger partial charge on any atom is 0.328 e. The average molecular weight is 433 g/mol. The summed E-state index contributed by atoms with van der Waals surface area (Å²) in [6.07, 6.45) is 3.46. The van der Waals surface area contributed by atoms with Gasteiger partial charge in [0.2, 0.25) is 0 Å². The molecule has 1 aromatic heterocycles. The first-order valence-electron chi connectivity index (χ1n) is 11.5. The molecule has 168 valence electrons. The second-order valence-electron chi connectivity index (χ2n) is 9.32. The largest absolute Gasteiger partial charge is 0.377 e. The van der Waals surface area contributed by atoms with Gasteiger partial charge in [0.1, 0.15) is 0 Å². The Kier molecular flexibility index (Phi) is 6.75. The van der Waals surface area contributed by atoms with Crippen LogP contribution in [-0.4, -0.2) is 16.2 Å². The van der Waals surface area contributed by atoms with E-state index in [1.165, 1.54) is 4.57 Å². The first-order chi connectivity index (χ1) is 15.5. The van der Waals surface area contributed by atoms with Crippen molar-refractivity contribution in [3.63, 3.8) is 0 Å². The fraction of sp³-hybridized carbons (Fsp3) is 0.407. The third-order valence-electron chi connectivity index (χ3n) is 6.44. The first kappa shape index (κ1) is 22.3. The molecule has 1 aliphatic carbocycles. The molecule has 4 rings (SSSR count). The zero-order chi connectivity index (χ0) is 22.6. The van der Waals surface area contributed by atoms with Crippen LogP contribution in [0.3, 0.4) is 0 Å². The van der Waals surface area contributed by atoms with Crippen LogP contribution in [0.15, 0.2) is 70.3 Å². The van der Waals surface area contributed by atoms with Gasteiger partial charge in [-0.15, -0.1) is 0 Å². The molecule has 1 fully saturated rings. The Morgan fingerprint density at radius 2 is 1.59 bits per heavy atom. The van der Waals surface area contributed by atoms with E-state index in [-0.39, 0.29) is 22.6 Å². The lowest BCUT2D eigenvalue weighted by atomic mass is 9.97. The maximum atomic E-state index is 13.4. The molecule has 1 N–H and O–H groups in total. The Labute approximate surface area is 189 Å². The van der Waals surface area contributed by atoms with Crippen LogP contribution in [0.4, 0.5) is 0 Å². The van der Waals surface area contributed by atoms with Crippen LogP contribution < -0.4 is 11.2 Å². The molecular formula is C27H32N2O3. The van der Waals surface area contributed by atoms with Crippen molar-refractivity contribution < 1.29 is 4.74 Å². The summed E-state index contributed by atoms with van der Waals surface area (Å²) in [6.45, 7) is 5.70. The van der Waals surface area contributed by atoms with Crippen molar-refractivity contribution in [3.05, 3.63) is 104 Å². The molecule has 32 heavy (non-hydrogen) atoms. The third kappa shape index (κ3) is 5.28. The van der Waals surface area contributed by atoms with E-state index in [1.807, 2.05) is 62.4 Å². The van der Waals surface area contributed by atoms with E-state index < -0.39 is 0 Å². The molecule has 0 bridgehead atoms. The zero-order valence-electron chi connectivity index (χ0n) is 19.0. The summed E-state index contributed by atoms with van der Waals surface area (Å²) >= 11 is 0. The molecule has 1 aliphatic rings. The van der Waals surface area contributed by atoms with Crippen LogP contribution in [0, 0.1) is 5.41 Å². The van der Waals surface area contributed by atoms with Crippen LogP contribution >= 0.6 is 0 Å². The SMILES string of the molecule is CC(C)c1c(Cc2ccccc2)[nH]c(=O)n(CC2(CCOCc3ccccc3)CC2)c1=O. The number of hydrogen-bond donors (Lipinski definition) is 1. The van der Waals surface area contributed by atoms with Crippen LogP contribution in [0.5, 0.6) is 0 Å². The maximum absolute atomic E-state index is 13.4. The Morgan fingerprint density at radius 1 is 0.969 bits per heavy atom. The molecule has 0 atom stereocenters. The number of nitrogens with zero attached hydrogens (tertiary/aromatic N) is 1. The number of hydrogen-bond acceptors (Lipinski definition) is 3. The number of ether oxygens (including phenoxy) is 1. The number of aromatic amines is 1. The Hall–Kier alpha value is -2.92. The zero-order valence-corrected chi connectivity index (χ0v) is 19.0. The Balaban J connectivity index is 1.48. The number of aromatic nitrogens is 2. The van der Waals surface area contributed by atoms with Gasteiger partial charge < -0.3 is 9.72 Å². The van der Waals surface area contributed by atoms with E-state index in [1.54, 1.807) is 0 Å². The fourth-order valence-corrected chi connectivity index (χ4v) is 4.36. The molecular weight excluding hydrogens is 400 g/mol. The van der Waals surface area contributed by atoms with E-state index in [2.05, 4.69) is 17.1 Å². The van der Waals surface area contributed by atoms with Crippen LogP contribution in [0.25, 0.3) is 0 Å². The molecule has 0 spiro atoms. The summed E-state index contributed by atoms with van der Waals surface area (Å²) in [5.74, 6) is 0.0358. The summed E-state index contributed by atoms with van der Waals surface area (Å²) in [6, 6.07) is 20.1. The minimum Gasteiger partial charge on any atom is -0.377 e. The highest BCUT2D eigenvalue weighted by molar-refractivity contribution is 5.28. The molecule has 3 aromatic rings. The highest BCUT2D eigenvalue weighted by Crippen LogP contribution is 2.49. The van der Waals surface area contributed by atoms with Gasteiger partial charge >= 0.3 is 5.69 Å². The number of nitrogens with one attached hydrogen (secondary N) is 1. The minimum absolute atomic E-state index is 0.0112. The van der Waals surface area contributed by atoms with Crippen LogP contribution in [0.1, 0.15) is 61.4 Å². The van der Waals surface area contributed by atoms with Gasteiger partial charge in [-0.25, -0.2) is 4.79 Å². The van der Waals surface area contributed by atoms with Gasteiger partial charge in [0.15, 0.2) is 0 Å². The van der Waals surface area contributed by atoms with Crippen molar-refractivity contribution in [2.75, 3.05) is 6.61 Å². The molecule has 0 unspecified atom stereocenters. The first-order valence-corrected chi connectivity index (χ1v) is 11.5. The predicted octanol–water partition coefficient (Wildman–Crippen LogP) is 4.64. The van der Waals surface area contributed by atoms with Crippen molar-refractivity contribution in [1.82, 2.24) is 9.55 Å². The van der Waals surface area contributed by atoms with E-state index >= 15 is 0 Å². The van der Waals surface area contributed by atoms with Crippen molar-refractivity contribution in [2.45, 2.75) is 58.6 Å². The molecule has 2 aromatic carbocycles. The van der Waals surface area contributed by atoms with Crippen LogP contribution in [0.2, 0.25) is 0 Å². The molecule has 5 heteroatoms. The van der Waals surface area contributed by atoms with Gasteiger partial charge in [-0.1, -0.05) is 74.5 Å². The monoisotopic (exact) mass is 432 g/mol. The average Bonchev–Trinajstić information content (AvgIpc) is 3.55. The smallest absolute Gasteiger partial charge is 0.328 e. The highest BCUT2D eigenvalue weighted by Gasteiger charge is 2.43. The van der Waals surface area contributed by atoms with Gasteiger partial charge in [-0.3, -0.25) is 9.36 Å². The normalized spacial score (nSPS) is 14.6. The summed E-state index contributed by atoms with van der Waals surface area (Å²) in [4.78, 5) is 29.3. The lowest BCUT2D eigenvalue weighted by molar-refractivity contribution is 0.100. The third-order valence-corrected chi connectivity index (χ3v) is 6.44. The fourth-order valence-electron chi connectivity index (χ4n) is 4.36. The number of benzene rings is 2. The van der Waals surface area contributed by atoms with Crippen molar-refractivity contribution >= 4 is 0 Å². The van der Waals surface area contributed by atoms with Crippen molar-refractivity contribution in [3.8, 4) is 0 Å². The highest BCUT2D eigenvalue weighted by atomic mass is 16.5. The van der Waals surface area contributed by atoms with Gasteiger partial charge in [0.25, 0.3) is 5.56 Å². The quantitative estimate of drug-likeness (QED) is 0.475. The number of rotatable bonds is 10. The van der Waals surface area contributed by atoms with E-state index in [9.17, 15) is 9.59 Å². The minimum atomic E-state index is -0.304. The Morgan fingerprint density at radius 3 is 2.19 bits per heavy atom. The molecule has 0 amide bonds. The lowest BCUT2D eigenvalue weighted by Crippen LogP contribution is -2.41. The summed E-state index contributed by atoms with van der Waals surface area (Å²) in [5.41, 5.74) is 3.21. The molecule has 0 saturated heterocycles. The summed E-state index contributed by atoms with van der Waals surface area (Å²) < 4.78 is 7.29. The standard InChI is InChI=1S/C27H32N2O3/c1-20(2)24-23(17-21-9-5-3-6-10-21)28-26(31)29(25(24)30)19-27(13-14-27)15-16-32-18-22-11-7-4-8-12-22/h3-12,20H,13-19H2,1-2H3,(H,28,31). The van der Waals surface area contributed by atoms with Crippen LogP contribution in [-0.2, 0) is 24.3 Å². The second kappa shape index (κ2) is 9.70. The predicted molar refractivity (Wildman–Crippen MR) is 127 cm³/mol. The topological polar surface area (TPSA) is 64.1 Å². The summed E-state index contributed by atoms with van der Waals surface area (Å²) in [5, 5.41) is 0. The van der Waals surface area contributed by atoms with Gasteiger partial charge in [-0.05, 0) is 41.7 Å². The second-order valence-corrected chi connectivity index (χ2v) is 9.32. The molecule has 0 aliphatic heterocycles. The lowest BCUT2D eigenvalue weighted by Gasteiger charge is -2.19. The van der Waals surface area contributed by atoms with Gasteiger partial charge in [-0.2, -0.15) is 0 Å². The molecule has 1 saturated carbocycles. The van der Waals surface area contributed by atoms with E-state index in [0.717, 1.165) is 36.1 Å². The Bertz CT molecular complexity index is 1140.